The van der Waals surface area contributed by atoms with E-state index in [4.69, 9.17) is 9.84 Å². The lowest BCUT2D eigenvalue weighted by Crippen LogP contribution is -2.39. The lowest BCUT2D eigenvalue weighted by molar-refractivity contribution is -0.139. The molecule has 4 unspecified atom stereocenters. The molecule has 0 aliphatic heterocycles. The van der Waals surface area contributed by atoms with Crippen LogP contribution in [0.25, 0.3) is 0 Å². The van der Waals surface area contributed by atoms with Gasteiger partial charge in [-0.05, 0) is 5.41 Å². The average Bonchev–Trinajstić information content (AvgIpc) is 2.69. The summed E-state index contributed by atoms with van der Waals surface area (Å²) < 4.78 is 24.3. The Morgan fingerprint density at radius 3 is 2.24 bits per heavy atom. The second-order valence-corrected chi connectivity index (χ2v) is 10.4. The molecule has 17 heavy (non-hydrogen) atoms. The summed E-state index contributed by atoms with van der Waals surface area (Å²) in [6, 6.07) is 0. The third kappa shape index (κ3) is 2.60. The van der Waals surface area contributed by atoms with Gasteiger partial charge in [-0.2, -0.15) is 0 Å². The van der Waals surface area contributed by atoms with E-state index in [1.54, 1.807) is 13.8 Å². The molecule has 4 atom stereocenters. The van der Waals surface area contributed by atoms with Crippen LogP contribution in [0, 0.1) is 17.3 Å². The molecular weight excluding hydrogens is 380 g/mol. The number of carboxylic acid groups (broad SMARTS) is 1. The van der Waals surface area contributed by atoms with Crippen molar-refractivity contribution in [2.75, 3.05) is 7.11 Å². The van der Waals surface area contributed by atoms with Crippen LogP contribution in [0.1, 0.15) is 13.8 Å². The molecule has 0 aromatic heterocycles. The summed E-state index contributed by atoms with van der Waals surface area (Å²) in [5, 5.41) is 9.08. The zero-order valence-electron chi connectivity index (χ0n) is 9.52. The number of alkyl halides is 2. The van der Waals surface area contributed by atoms with Crippen molar-refractivity contribution >= 4 is 48.9 Å². The minimum Gasteiger partial charge on any atom is -0.481 e. The molecule has 1 aliphatic carbocycles. The van der Waals surface area contributed by atoms with E-state index in [1.807, 2.05) is 0 Å². The number of carbonyl (C=O) groups is 1. The molecule has 0 bridgehead atoms. The van der Waals surface area contributed by atoms with Crippen molar-refractivity contribution in [3.05, 3.63) is 0 Å². The van der Waals surface area contributed by atoms with Crippen LogP contribution in [0.15, 0.2) is 0 Å². The number of hydrogen-bond acceptors (Lipinski definition) is 3. The van der Waals surface area contributed by atoms with Gasteiger partial charge in [0, 0.05) is 13.0 Å². The highest BCUT2D eigenvalue weighted by Gasteiger charge is 2.69. The van der Waals surface area contributed by atoms with E-state index in [9.17, 15) is 13.6 Å². The predicted octanol–water partition coefficient (Wildman–Crippen LogP) is 2.02. The standard InChI is InChI=1S/C9H14Br2O5S/c1-8(2)4(5(8)7(12)13)6(16-3)9(10,11)17(14)15/h4-6H,1-3H3,(H,12,13)(H,14,15). The topological polar surface area (TPSA) is 83.8 Å². The molecule has 1 saturated carbocycles. The molecule has 8 heteroatoms. The van der Waals surface area contributed by atoms with Crippen LogP contribution in [-0.4, -0.2) is 35.6 Å². The molecule has 1 rings (SSSR count). The summed E-state index contributed by atoms with van der Waals surface area (Å²) in [5.74, 6) is -1.83. The third-order valence-electron chi connectivity index (χ3n) is 3.32. The maximum absolute atomic E-state index is 11.2. The van der Waals surface area contributed by atoms with Crippen LogP contribution in [0.2, 0.25) is 0 Å². The van der Waals surface area contributed by atoms with Crippen LogP contribution in [0.4, 0.5) is 0 Å². The van der Waals surface area contributed by atoms with Gasteiger partial charge in [0.15, 0.2) is 11.1 Å². The molecule has 0 spiro atoms. The van der Waals surface area contributed by atoms with E-state index in [-0.39, 0.29) is 5.92 Å². The first-order chi connectivity index (χ1) is 7.58. The van der Waals surface area contributed by atoms with Gasteiger partial charge in [0.05, 0.1) is 5.92 Å². The molecule has 5 nitrogen and oxygen atoms in total. The molecule has 0 amide bonds. The van der Waals surface area contributed by atoms with Crippen molar-refractivity contribution in [2.24, 2.45) is 17.3 Å². The smallest absolute Gasteiger partial charge is 0.307 e. The maximum atomic E-state index is 11.2. The molecule has 0 aromatic rings. The first-order valence-electron chi connectivity index (χ1n) is 4.82. The molecule has 100 valence electrons. The third-order valence-corrected chi connectivity index (χ3v) is 6.58. The monoisotopic (exact) mass is 392 g/mol. The van der Waals surface area contributed by atoms with Crippen LogP contribution < -0.4 is 0 Å². The fraction of sp³-hybridized carbons (Fsp3) is 0.889. The highest BCUT2D eigenvalue weighted by molar-refractivity contribution is 9.27. The van der Waals surface area contributed by atoms with E-state index in [1.165, 1.54) is 7.11 Å². The van der Waals surface area contributed by atoms with Gasteiger partial charge in [-0.15, -0.1) is 0 Å². The molecule has 0 heterocycles. The summed E-state index contributed by atoms with van der Waals surface area (Å²) >= 11 is 3.95. The Kier molecular flexibility index (Phi) is 4.47. The van der Waals surface area contributed by atoms with E-state index >= 15 is 0 Å². The molecular formula is C9H14Br2O5S. The highest BCUT2D eigenvalue weighted by atomic mass is 79.9. The minimum absolute atomic E-state index is 0.333. The number of ether oxygens (including phenoxy) is 1. The zero-order valence-corrected chi connectivity index (χ0v) is 13.5. The van der Waals surface area contributed by atoms with Crippen molar-refractivity contribution in [3.63, 3.8) is 0 Å². The van der Waals surface area contributed by atoms with Gasteiger partial charge >= 0.3 is 5.97 Å². The van der Waals surface area contributed by atoms with Crippen LogP contribution in [-0.2, 0) is 20.6 Å². The Morgan fingerprint density at radius 2 is 2.00 bits per heavy atom. The van der Waals surface area contributed by atoms with Crippen LogP contribution >= 0.6 is 31.9 Å². The lowest BCUT2D eigenvalue weighted by Gasteiger charge is -2.27. The predicted molar refractivity (Wildman–Crippen MR) is 70.6 cm³/mol. The van der Waals surface area contributed by atoms with E-state index < -0.39 is 37.1 Å². The Bertz CT molecular complexity index is 357. The van der Waals surface area contributed by atoms with Gasteiger partial charge in [-0.3, -0.25) is 4.79 Å². The van der Waals surface area contributed by atoms with Gasteiger partial charge in [-0.25, -0.2) is 4.21 Å². The molecule has 0 aromatic carbocycles. The van der Waals surface area contributed by atoms with Gasteiger partial charge < -0.3 is 14.4 Å². The molecule has 0 saturated heterocycles. The molecule has 1 aliphatic rings. The Hall–Kier alpha value is 0.500. The van der Waals surface area contributed by atoms with Crippen LogP contribution in [0.5, 0.6) is 0 Å². The second kappa shape index (κ2) is 4.88. The number of methoxy groups -OCH3 is 1. The van der Waals surface area contributed by atoms with Crippen LogP contribution in [0.3, 0.4) is 0 Å². The van der Waals surface area contributed by atoms with E-state index in [0.717, 1.165) is 0 Å². The Balaban J connectivity index is 2.99. The normalized spacial score (nSPS) is 30.7. The number of hydrogen-bond donors (Lipinski definition) is 2. The fourth-order valence-electron chi connectivity index (χ4n) is 2.31. The van der Waals surface area contributed by atoms with Crippen molar-refractivity contribution in [3.8, 4) is 0 Å². The second-order valence-electron chi connectivity index (χ2n) is 4.63. The molecule has 1 fully saturated rings. The van der Waals surface area contributed by atoms with Gasteiger partial charge in [0.2, 0.25) is 2.57 Å². The summed E-state index contributed by atoms with van der Waals surface area (Å²) in [6.45, 7) is 3.61. The largest absolute Gasteiger partial charge is 0.481 e. The SMILES string of the molecule is COC(C1C(C(=O)O)C1(C)C)C(Br)(Br)S(=O)O. The average molecular weight is 394 g/mol. The minimum atomic E-state index is -2.23. The van der Waals surface area contributed by atoms with E-state index in [2.05, 4.69) is 31.9 Å². The number of carboxylic acids is 1. The molecule has 0 radical (unpaired) electrons. The molecule has 2 N–H and O–H groups in total. The highest BCUT2D eigenvalue weighted by Crippen LogP contribution is 2.63. The van der Waals surface area contributed by atoms with Crippen molar-refractivity contribution in [1.29, 1.82) is 0 Å². The lowest BCUT2D eigenvalue weighted by atomic mass is 10.1. The van der Waals surface area contributed by atoms with Crippen molar-refractivity contribution in [1.82, 2.24) is 0 Å². The number of halogens is 2. The number of aliphatic carboxylic acids is 1. The van der Waals surface area contributed by atoms with Crippen molar-refractivity contribution in [2.45, 2.75) is 22.5 Å². The summed E-state index contributed by atoms with van der Waals surface area (Å²) in [7, 11) is 1.39. The summed E-state index contributed by atoms with van der Waals surface area (Å²) in [5.41, 5.74) is -0.460. The first-order valence-corrected chi connectivity index (χ1v) is 7.52. The Morgan fingerprint density at radius 1 is 1.53 bits per heavy atom. The zero-order chi connectivity index (χ0) is 13.6. The summed E-state index contributed by atoms with van der Waals surface area (Å²) in [4.78, 5) is 11.1. The fourth-order valence-corrected chi connectivity index (χ4v) is 3.69. The quantitative estimate of drug-likeness (QED) is 0.551. The maximum Gasteiger partial charge on any atom is 0.307 e. The van der Waals surface area contributed by atoms with Gasteiger partial charge in [0.25, 0.3) is 0 Å². The van der Waals surface area contributed by atoms with Gasteiger partial charge in [-0.1, -0.05) is 45.7 Å². The Labute approximate surface area is 119 Å². The first kappa shape index (κ1) is 15.6. The van der Waals surface area contributed by atoms with Crippen molar-refractivity contribution < 1.29 is 23.4 Å². The van der Waals surface area contributed by atoms with E-state index in [0.29, 0.717) is 0 Å². The van der Waals surface area contributed by atoms with Gasteiger partial charge in [0.1, 0.15) is 6.10 Å². The summed E-state index contributed by atoms with van der Waals surface area (Å²) in [6.07, 6.45) is -0.718. The number of rotatable bonds is 5.